The average Bonchev–Trinajstić information content (AvgIpc) is 2.81. The summed E-state index contributed by atoms with van der Waals surface area (Å²) in [5.74, 6) is -1.89. The zero-order chi connectivity index (χ0) is 17.2. The molecule has 0 fully saturated rings. The van der Waals surface area contributed by atoms with E-state index in [9.17, 15) is 22.8 Å². The Hall–Kier alpha value is -1.80. The van der Waals surface area contributed by atoms with E-state index in [0.717, 1.165) is 16.0 Å². The standard InChI is InChI=1S/C14H11ClF3NO3S/c1-7(12(20)19-6-14(16,17)18)22-13(21)11-10(15)8-4-2-3-5-9(8)23-11/h2-5,7H,6H2,1H3,(H,19,20). The predicted octanol–water partition coefficient (Wildman–Crippen LogP) is 3.78. The van der Waals surface area contributed by atoms with Crippen molar-refractivity contribution in [1.29, 1.82) is 0 Å². The summed E-state index contributed by atoms with van der Waals surface area (Å²) >= 11 is 7.18. The maximum absolute atomic E-state index is 12.1. The van der Waals surface area contributed by atoms with E-state index in [1.165, 1.54) is 6.92 Å². The van der Waals surface area contributed by atoms with Crippen LogP contribution in [0.4, 0.5) is 13.2 Å². The van der Waals surface area contributed by atoms with Crippen LogP contribution < -0.4 is 5.32 Å². The Morgan fingerprint density at radius 2 is 2.00 bits per heavy atom. The normalized spacial score (nSPS) is 12.9. The molecule has 1 N–H and O–H groups in total. The minimum absolute atomic E-state index is 0.100. The highest BCUT2D eigenvalue weighted by molar-refractivity contribution is 7.21. The fourth-order valence-electron chi connectivity index (χ4n) is 1.74. The van der Waals surface area contributed by atoms with Gasteiger partial charge in [0.25, 0.3) is 5.91 Å². The molecule has 1 aromatic carbocycles. The summed E-state index contributed by atoms with van der Waals surface area (Å²) in [5.41, 5.74) is 0. The lowest BCUT2D eigenvalue weighted by Gasteiger charge is -2.14. The lowest BCUT2D eigenvalue weighted by atomic mass is 10.2. The van der Waals surface area contributed by atoms with Gasteiger partial charge in [0.1, 0.15) is 11.4 Å². The Morgan fingerprint density at radius 3 is 2.61 bits per heavy atom. The van der Waals surface area contributed by atoms with Crippen molar-refractivity contribution < 1.29 is 27.5 Å². The van der Waals surface area contributed by atoms with Gasteiger partial charge in [0, 0.05) is 10.1 Å². The summed E-state index contributed by atoms with van der Waals surface area (Å²) in [5, 5.41) is 2.51. The number of carbonyl (C=O) groups is 2. The number of thiophene rings is 1. The van der Waals surface area contributed by atoms with Gasteiger partial charge in [0.2, 0.25) is 0 Å². The summed E-state index contributed by atoms with van der Waals surface area (Å²) in [7, 11) is 0. The van der Waals surface area contributed by atoms with Crippen molar-refractivity contribution in [1.82, 2.24) is 5.32 Å². The summed E-state index contributed by atoms with van der Waals surface area (Å²) in [6.45, 7) is -0.303. The molecule has 124 valence electrons. The molecule has 0 aliphatic heterocycles. The lowest BCUT2D eigenvalue weighted by Crippen LogP contribution is -2.40. The van der Waals surface area contributed by atoms with Gasteiger partial charge in [-0.2, -0.15) is 13.2 Å². The highest BCUT2D eigenvalue weighted by Crippen LogP contribution is 2.35. The summed E-state index contributed by atoms with van der Waals surface area (Å²) < 4.78 is 41.8. The molecular formula is C14H11ClF3NO3S. The van der Waals surface area contributed by atoms with Crippen LogP contribution in [0.25, 0.3) is 10.1 Å². The van der Waals surface area contributed by atoms with E-state index < -0.39 is 30.7 Å². The molecule has 0 saturated heterocycles. The maximum Gasteiger partial charge on any atom is 0.405 e. The molecule has 0 radical (unpaired) electrons. The van der Waals surface area contributed by atoms with E-state index in [-0.39, 0.29) is 9.90 Å². The van der Waals surface area contributed by atoms with Gasteiger partial charge >= 0.3 is 12.1 Å². The van der Waals surface area contributed by atoms with Crippen LogP contribution in [0.15, 0.2) is 24.3 Å². The van der Waals surface area contributed by atoms with Crippen molar-refractivity contribution in [3.63, 3.8) is 0 Å². The Balaban J connectivity index is 2.05. The van der Waals surface area contributed by atoms with Crippen LogP contribution in [0.5, 0.6) is 0 Å². The molecule has 0 saturated carbocycles. The number of hydrogen-bond acceptors (Lipinski definition) is 4. The van der Waals surface area contributed by atoms with Gasteiger partial charge in [-0.05, 0) is 13.0 Å². The largest absolute Gasteiger partial charge is 0.448 e. The van der Waals surface area contributed by atoms with Crippen LogP contribution in [-0.2, 0) is 9.53 Å². The Labute approximate surface area is 138 Å². The van der Waals surface area contributed by atoms with Crippen molar-refractivity contribution in [2.75, 3.05) is 6.54 Å². The number of halogens is 4. The van der Waals surface area contributed by atoms with Crippen molar-refractivity contribution in [2.45, 2.75) is 19.2 Å². The SMILES string of the molecule is CC(OC(=O)c1sc2ccccc2c1Cl)C(=O)NCC(F)(F)F. The first-order chi connectivity index (χ1) is 10.7. The van der Waals surface area contributed by atoms with Crippen LogP contribution in [0.3, 0.4) is 0 Å². The van der Waals surface area contributed by atoms with Gasteiger partial charge in [-0.15, -0.1) is 11.3 Å². The third kappa shape index (κ3) is 4.35. The van der Waals surface area contributed by atoms with E-state index in [4.69, 9.17) is 16.3 Å². The quantitative estimate of drug-likeness (QED) is 0.839. The molecule has 4 nitrogen and oxygen atoms in total. The third-order valence-electron chi connectivity index (χ3n) is 2.84. The second-order valence-electron chi connectivity index (χ2n) is 4.62. The molecular weight excluding hydrogens is 355 g/mol. The molecule has 1 heterocycles. The summed E-state index contributed by atoms with van der Waals surface area (Å²) in [6, 6.07) is 7.02. The third-order valence-corrected chi connectivity index (χ3v) is 4.49. The highest BCUT2D eigenvalue weighted by atomic mass is 35.5. The maximum atomic E-state index is 12.1. The van der Waals surface area contributed by atoms with E-state index >= 15 is 0 Å². The Kier molecular flexibility index (Phi) is 5.16. The molecule has 0 aliphatic rings. The second-order valence-corrected chi connectivity index (χ2v) is 6.05. The number of hydrogen-bond donors (Lipinski definition) is 1. The Morgan fingerprint density at radius 1 is 1.35 bits per heavy atom. The predicted molar refractivity (Wildman–Crippen MR) is 80.8 cm³/mol. The number of ether oxygens (including phenoxy) is 1. The van der Waals surface area contributed by atoms with E-state index in [2.05, 4.69) is 0 Å². The molecule has 1 atom stereocenters. The van der Waals surface area contributed by atoms with Crippen LogP contribution in [0.2, 0.25) is 5.02 Å². The zero-order valence-corrected chi connectivity index (χ0v) is 13.3. The molecule has 1 aromatic heterocycles. The molecule has 2 aromatic rings. The number of carbonyl (C=O) groups excluding carboxylic acids is 2. The van der Waals surface area contributed by atoms with Crippen molar-refractivity contribution in [2.24, 2.45) is 0 Å². The minimum Gasteiger partial charge on any atom is -0.448 e. The molecule has 0 spiro atoms. The van der Waals surface area contributed by atoms with Gasteiger partial charge in [-0.25, -0.2) is 4.79 Å². The van der Waals surface area contributed by atoms with Crippen LogP contribution in [0.1, 0.15) is 16.6 Å². The second kappa shape index (κ2) is 6.76. The van der Waals surface area contributed by atoms with Crippen molar-refractivity contribution >= 4 is 44.9 Å². The molecule has 9 heteroatoms. The Bertz CT molecular complexity index is 744. The smallest absolute Gasteiger partial charge is 0.405 e. The lowest BCUT2D eigenvalue weighted by molar-refractivity contribution is -0.143. The monoisotopic (exact) mass is 365 g/mol. The summed E-state index contributed by atoms with van der Waals surface area (Å²) in [4.78, 5) is 23.6. The van der Waals surface area contributed by atoms with Crippen LogP contribution in [0, 0.1) is 0 Å². The van der Waals surface area contributed by atoms with Gasteiger partial charge < -0.3 is 10.1 Å². The summed E-state index contributed by atoms with van der Waals surface area (Å²) in [6.07, 6.45) is -5.90. The first-order valence-corrected chi connectivity index (χ1v) is 7.61. The molecule has 2 rings (SSSR count). The van der Waals surface area contributed by atoms with E-state index in [1.54, 1.807) is 29.6 Å². The number of amides is 1. The average molecular weight is 366 g/mol. The number of alkyl halides is 3. The number of benzene rings is 1. The van der Waals surface area contributed by atoms with Crippen LogP contribution in [-0.4, -0.2) is 30.7 Å². The topological polar surface area (TPSA) is 55.4 Å². The van der Waals surface area contributed by atoms with Gasteiger partial charge in [0.05, 0.1) is 5.02 Å². The first kappa shape index (κ1) is 17.6. The van der Waals surface area contributed by atoms with Crippen molar-refractivity contribution in [3.8, 4) is 0 Å². The number of fused-ring (bicyclic) bond motifs is 1. The molecule has 1 amide bonds. The number of rotatable bonds is 4. The van der Waals surface area contributed by atoms with Gasteiger partial charge in [-0.3, -0.25) is 4.79 Å². The van der Waals surface area contributed by atoms with Gasteiger partial charge in [-0.1, -0.05) is 29.8 Å². The molecule has 0 bridgehead atoms. The number of esters is 1. The molecule has 23 heavy (non-hydrogen) atoms. The number of nitrogens with one attached hydrogen (secondary N) is 1. The van der Waals surface area contributed by atoms with Crippen LogP contribution >= 0.6 is 22.9 Å². The highest BCUT2D eigenvalue weighted by Gasteiger charge is 2.30. The fourth-order valence-corrected chi connectivity index (χ4v) is 3.14. The van der Waals surface area contributed by atoms with E-state index in [1.807, 2.05) is 0 Å². The molecule has 1 unspecified atom stereocenters. The van der Waals surface area contributed by atoms with Gasteiger partial charge in [0.15, 0.2) is 6.10 Å². The van der Waals surface area contributed by atoms with Crippen molar-refractivity contribution in [3.05, 3.63) is 34.2 Å². The first-order valence-electron chi connectivity index (χ1n) is 6.41. The molecule has 0 aliphatic carbocycles. The minimum atomic E-state index is -4.53. The van der Waals surface area contributed by atoms with E-state index in [0.29, 0.717) is 5.39 Å². The fraction of sp³-hybridized carbons (Fsp3) is 0.286. The zero-order valence-electron chi connectivity index (χ0n) is 11.7.